The Bertz CT molecular complexity index is 439. The van der Waals surface area contributed by atoms with Gasteiger partial charge in [-0.05, 0) is 50.8 Å². The van der Waals surface area contributed by atoms with E-state index in [4.69, 9.17) is 5.26 Å². The monoisotopic (exact) mass is 228 g/mol. The fraction of sp³-hybridized carbons (Fsp3) is 0.533. The van der Waals surface area contributed by atoms with Crippen molar-refractivity contribution in [2.24, 2.45) is 5.41 Å². The van der Waals surface area contributed by atoms with E-state index in [1.807, 2.05) is 0 Å². The van der Waals surface area contributed by atoms with E-state index < -0.39 is 0 Å². The molecule has 0 radical (unpaired) electrons. The lowest BCUT2D eigenvalue weighted by molar-refractivity contribution is 0.560. The van der Waals surface area contributed by atoms with Crippen LogP contribution in [0.3, 0.4) is 0 Å². The predicted octanol–water partition coefficient (Wildman–Crippen LogP) is 2.74. The van der Waals surface area contributed by atoms with Gasteiger partial charge in [0.1, 0.15) is 0 Å². The molecule has 0 bridgehead atoms. The summed E-state index contributed by atoms with van der Waals surface area (Å²) in [5, 5.41) is 12.4. The molecule has 2 nitrogen and oxygen atoms in total. The van der Waals surface area contributed by atoms with Crippen molar-refractivity contribution in [2.45, 2.75) is 33.1 Å². The van der Waals surface area contributed by atoms with Crippen LogP contribution < -0.4 is 5.32 Å². The van der Waals surface area contributed by atoms with Crippen LogP contribution in [0.1, 0.15) is 29.5 Å². The van der Waals surface area contributed by atoms with Crippen LogP contribution in [0.2, 0.25) is 0 Å². The summed E-state index contributed by atoms with van der Waals surface area (Å²) in [7, 11) is 0. The van der Waals surface area contributed by atoms with E-state index in [-0.39, 0.29) is 5.41 Å². The first-order valence-electron chi connectivity index (χ1n) is 6.33. The molecule has 0 aromatic heterocycles. The van der Waals surface area contributed by atoms with E-state index >= 15 is 0 Å². The highest BCUT2D eigenvalue weighted by atomic mass is 14.9. The van der Waals surface area contributed by atoms with Crippen molar-refractivity contribution in [1.29, 1.82) is 5.26 Å². The van der Waals surface area contributed by atoms with Gasteiger partial charge in [0.15, 0.2) is 0 Å². The summed E-state index contributed by atoms with van der Waals surface area (Å²) in [6.07, 6.45) is 3.19. The zero-order chi connectivity index (χ0) is 12.3. The zero-order valence-corrected chi connectivity index (χ0v) is 10.7. The van der Waals surface area contributed by atoms with Crippen molar-refractivity contribution in [3.63, 3.8) is 0 Å². The minimum atomic E-state index is -0.0255. The Labute approximate surface area is 104 Å². The van der Waals surface area contributed by atoms with E-state index in [9.17, 15) is 0 Å². The van der Waals surface area contributed by atoms with Crippen LogP contribution in [0.25, 0.3) is 0 Å². The second-order valence-corrected chi connectivity index (χ2v) is 5.25. The molecule has 1 saturated carbocycles. The number of benzene rings is 1. The topological polar surface area (TPSA) is 35.8 Å². The number of rotatable bonds is 5. The molecule has 2 heteroatoms. The van der Waals surface area contributed by atoms with Crippen molar-refractivity contribution >= 4 is 0 Å². The van der Waals surface area contributed by atoms with E-state index in [0.29, 0.717) is 0 Å². The molecule has 17 heavy (non-hydrogen) atoms. The van der Waals surface area contributed by atoms with Crippen molar-refractivity contribution in [3.05, 3.63) is 34.9 Å². The molecule has 2 rings (SSSR count). The Morgan fingerprint density at radius 3 is 2.71 bits per heavy atom. The smallest absolute Gasteiger partial charge is 0.0703 e. The minimum Gasteiger partial charge on any atom is -0.315 e. The Morgan fingerprint density at radius 1 is 1.35 bits per heavy atom. The normalized spacial score (nSPS) is 16.5. The minimum absolute atomic E-state index is 0.0255. The van der Waals surface area contributed by atoms with Gasteiger partial charge in [-0.1, -0.05) is 23.8 Å². The molecule has 90 valence electrons. The molecular formula is C15H20N2. The molecule has 0 saturated heterocycles. The zero-order valence-electron chi connectivity index (χ0n) is 10.7. The maximum atomic E-state index is 8.96. The van der Waals surface area contributed by atoms with Gasteiger partial charge in [-0.2, -0.15) is 5.26 Å². The summed E-state index contributed by atoms with van der Waals surface area (Å²) >= 11 is 0. The summed E-state index contributed by atoms with van der Waals surface area (Å²) in [6, 6.07) is 9.02. The van der Waals surface area contributed by atoms with Crippen molar-refractivity contribution in [3.8, 4) is 6.07 Å². The van der Waals surface area contributed by atoms with Gasteiger partial charge < -0.3 is 5.32 Å². The Kier molecular flexibility index (Phi) is 3.49. The van der Waals surface area contributed by atoms with E-state index in [1.54, 1.807) is 0 Å². The molecule has 1 aromatic rings. The van der Waals surface area contributed by atoms with Gasteiger partial charge in [-0.25, -0.2) is 0 Å². The average Bonchev–Trinajstić information content (AvgIpc) is 3.07. The highest BCUT2D eigenvalue weighted by molar-refractivity contribution is 5.30. The highest BCUT2D eigenvalue weighted by Crippen LogP contribution is 2.43. The Hall–Kier alpha value is -1.33. The predicted molar refractivity (Wildman–Crippen MR) is 69.8 cm³/mol. The Morgan fingerprint density at radius 2 is 2.12 bits per heavy atom. The van der Waals surface area contributed by atoms with Crippen molar-refractivity contribution in [1.82, 2.24) is 5.32 Å². The van der Waals surface area contributed by atoms with Gasteiger partial charge in [-0.15, -0.1) is 0 Å². The molecule has 1 aliphatic rings. The first-order chi connectivity index (χ1) is 8.15. The summed E-state index contributed by atoms with van der Waals surface area (Å²) in [4.78, 5) is 0. The summed E-state index contributed by atoms with van der Waals surface area (Å²) in [6.45, 7) is 6.11. The first-order valence-corrected chi connectivity index (χ1v) is 6.33. The summed E-state index contributed by atoms with van der Waals surface area (Å²) in [5.74, 6) is 0. The number of nitriles is 1. The van der Waals surface area contributed by atoms with Crippen LogP contribution in [-0.2, 0) is 6.42 Å². The largest absolute Gasteiger partial charge is 0.315 e. The summed E-state index contributed by atoms with van der Waals surface area (Å²) < 4.78 is 0. The number of nitrogens with zero attached hydrogens (tertiary/aromatic N) is 1. The fourth-order valence-electron chi connectivity index (χ4n) is 2.16. The van der Waals surface area contributed by atoms with Crippen molar-refractivity contribution < 1.29 is 0 Å². The SMILES string of the molecule is Cc1ccc(CCNCC2(C#N)CC2)c(C)c1. The molecule has 1 N–H and O–H groups in total. The van der Waals surface area contributed by atoms with Gasteiger partial charge in [0.2, 0.25) is 0 Å². The van der Waals surface area contributed by atoms with Gasteiger partial charge >= 0.3 is 0 Å². The van der Waals surface area contributed by atoms with E-state index in [0.717, 1.165) is 32.4 Å². The third-order valence-corrected chi connectivity index (χ3v) is 3.62. The van der Waals surface area contributed by atoms with E-state index in [2.05, 4.69) is 43.4 Å². The first kappa shape index (κ1) is 12.1. The second-order valence-electron chi connectivity index (χ2n) is 5.25. The van der Waals surface area contributed by atoms with Crippen molar-refractivity contribution in [2.75, 3.05) is 13.1 Å². The molecule has 1 fully saturated rings. The van der Waals surface area contributed by atoms with Crippen LogP contribution in [0.4, 0.5) is 0 Å². The van der Waals surface area contributed by atoms with Gasteiger partial charge in [0, 0.05) is 6.54 Å². The molecule has 0 aliphatic heterocycles. The van der Waals surface area contributed by atoms with Crippen LogP contribution in [0.5, 0.6) is 0 Å². The number of hydrogen-bond donors (Lipinski definition) is 1. The van der Waals surface area contributed by atoms with Crippen LogP contribution >= 0.6 is 0 Å². The molecule has 0 spiro atoms. The van der Waals surface area contributed by atoms with Gasteiger partial charge in [-0.3, -0.25) is 0 Å². The molecule has 0 amide bonds. The number of aryl methyl sites for hydroxylation is 2. The second kappa shape index (κ2) is 4.89. The molecule has 1 aromatic carbocycles. The highest BCUT2D eigenvalue weighted by Gasteiger charge is 2.42. The maximum Gasteiger partial charge on any atom is 0.0703 e. The molecule has 1 aliphatic carbocycles. The van der Waals surface area contributed by atoms with Gasteiger partial charge in [0.05, 0.1) is 11.5 Å². The quantitative estimate of drug-likeness (QED) is 0.787. The molecule has 0 atom stereocenters. The molecule has 0 heterocycles. The van der Waals surface area contributed by atoms with Gasteiger partial charge in [0.25, 0.3) is 0 Å². The third kappa shape index (κ3) is 3.08. The Balaban J connectivity index is 1.77. The average molecular weight is 228 g/mol. The van der Waals surface area contributed by atoms with E-state index in [1.165, 1.54) is 16.7 Å². The lowest BCUT2D eigenvalue weighted by Gasteiger charge is -2.10. The number of hydrogen-bond acceptors (Lipinski definition) is 2. The van der Waals surface area contributed by atoms with Crippen LogP contribution in [-0.4, -0.2) is 13.1 Å². The van der Waals surface area contributed by atoms with Crippen LogP contribution in [0, 0.1) is 30.6 Å². The fourth-order valence-corrected chi connectivity index (χ4v) is 2.16. The lowest BCUT2D eigenvalue weighted by atomic mass is 10.0. The number of nitrogens with one attached hydrogen (secondary N) is 1. The van der Waals surface area contributed by atoms with Crippen LogP contribution in [0.15, 0.2) is 18.2 Å². The third-order valence-electron chi connectivity index (χ3n) is 3.62. The lowest BCUT2D eigenvalue weighted by Crippen LogP contribution is -2.25. The standard InChI is InChI=1S/C15H20N2/c1-12-3-4-14(13(2)9-12)5-8-17-11-15(10-16)6-7-15/h3-4,9,17H,5-8,11H2,1-2H3. The summed E-state index contributed by atoms with van der Waals surface area (Å²) in [5.41, 5.74) is 4.07. The molecular weight excluding hydrogens is 208 g/mol. The maximum absolute atomic E-state index is 8.96. The molecule has 0 unspecified atom stereocenters.